The smallest absolute Gasteiger partial charge is 0.270 e. The van der Waals surface area contributed by atoms with Crippen molar-refractivity contribution in [1.82, 2.24) is 24.8 Å². The fourth-order valence-electron chi connectivity index (χ4n) is 2.66. The van der Waals surface area contributed by atoms with E-state index in [-0.39, 0.29) is 5.91 Å². The second-order valence-corrected chi connectivity index (χ2v) is 6.58. The highest BCUT2D eigenvalue weighted by molar-refractivity contribution is 7.13. The number of fused-ring (bicyclic) bond motifs is 1. The van der Waals surface area contributed by atoms with Crippen LogP contribution in [0.4, 0.5) is 0 Å². The Labute approximate surface area is 148 Å². The molecule has 1 aromatic carbocycles. The third kappa shape index (κ3) is 3.46. The van der Waals surface area contributed by atoms with Gasteiger partial charge in [0.1, 0.15) is 10.7 Å². The summed E-state index contributed by atoms with van der Waals surface area (Å²) >= 11 is 1.47. The SMILES string of the molecule is O=C(NCCCn1ccnc1)c1csc(-c2cc3ccccc3[nH]2)n1. The first-order valence-electron chi connectivity index (χ1n) is 8.07. The van der Waals surface area contributed by atoms with Crippen molar-refractivity contribution in [2.24, 2.45) is 0 Å². The molecule has 3 heterocycles. The van der Waals surface area contributed by atoms with Gasteiger partial charge in [0.15, 0.2) is 0 Å². The molecule has 0 bridgehead atoms. The largest absolute Gasteiger partial charge is 0.353 e. The first-order valence-corrected chi connectivity index (χ1v) is 8.95. The van der Waals surface area contributed by atoms with E-state index in [1.54, 1.807) is 17.9 Å². The van der Waals surface area contributed by atoms with E-state index in [2.05, 4.69) is 32.4 Å². The first kappa shape index (κ1) is 15.6. The Bertz CT molecular complexity index is 953. The molecule has 0 saturated heterocycles. The molecule has 4 aromatic rings. The molecule has 7 heteroatoms. The summed E-state index contributed by atoms with van der Waals surface area (Å²) in [5, 5.41) is 6.67. The molecule has 4 rings (SSSR count). The number of imidazole rings is 1. The Balaban J connectivity index is 1.37. The second kappa shape index (κ2) is 6.90. The number of thiazole rings is 1. The minimum Gasteiger partial charge on any atom is -0.353 e. The molecule has 0 atom stereocenters. The first-order chi connectivity index (χ1) is 12.3. The molecule has 126 valence electrons. The van der Waals surface area contributed by atoms with Gasteiger partial charge in [0.05, 0.1) is 12.0 Å². The van der Waals surface area contributed by atoms with Crippen LogP contribution in [0.5, 0.6) is 0 Å². The van der Waals surface area contributed by atoms with E-state index in [1.165, 1.54) is 11.3 Å². The van der Waals surface area contributed by atoms with Gasteiger partial charge in [0.25, 0.3) is 5.91 Å². The van der Waals surface area contributed by atoms with Crippen molar-refractivity contribution < 1.29 is 4.79 Å². The van der Waals surface area contributed by atoms with E-state index >= 15 is 0 Å². The Morgan fingerprint density at radius 1 is 1.32 bits per heavy atom. The van der Waals surface area contributed by atoms with Gasteiger partial charge in [-0.25, -0.2) is 9.97 Å². The standard InChI is InChI=1S/C18H17N5OS/c24-17(20-6-3-8-23-9-7-19-12-23)16-11-25-18(22-16)15-10-13-4-1-2-5-14(13)21-15/h1-2,4-5,7,9-12,21H,3,6,8H2,(H,20,24). The van der Waals surface area contributed by atoms with Crippen LogP contribution < -0.4 is 5.32 Å². The number of hydrogen-bond acceptors (Lipinski definition) is 4. The summed E-state index contributed by atoms with van der Waals surface area (Å²) in [5.41, 5.74) is 2.46. The number of aromatic amines is 1. The highest BCUT2D eigenvalue weighted by Crippen LogP contribution is 2.26. The lowest BCUT2D eigenvalue weighted by Gasteiger charge is -2.03. The molecule has 0 saturated carbocycles. The van der Waals surface area contributed by atoms with Crippen LogP contribution in [0.25, 0.3) is 21.6 Å². The topological polar surface area (TPSA) is 75.6 Å². The molecule has 0 unspecified atom stereocenters. The van der Waals surface area contributed by atoms with E-state index in [4.69, 9.17) is 0 Å². The fourth-order valence-corrected chi connectivity index (χ4v) is 3.43. The maximum Gasteiger partial charge on any atom is 0.270 e. The number of carbonyl (C=O) groups is 1. The Morgan fingerprint density at radius 3 is 3.08 bits per heavy atom. The van der Waals surface area contributed by atoms with Gasteiger partial charge in [0, 0.05) is 41.8 Å². The number of hydrogen-bond donors (Lipinski definition) is 2. The van der Waals surface area contributed by atoms with Crippen LogP contribution in [0.3, 0.4) is 0 Å². The van der Waals surface area contributed by atoms with Crippen LogP contribution in [0.15, 0.2) is 54.4 Å². The number of rotatable bonds is 6. The fraction of sp³-hybridized carbons (Fsp3) is 0.167. The van der Waals surface area contributed by atoms with Crippen molar-refractivity contribution >= 4 is 28.1 Å². The summed E-state index contributed by atoms with van der Waals surface area (Å²) in [6.07, 6.45) is 6.28. The van der Waals surface area contributed by atoms with Crippen LogP contribution in [0.2, 0.25) is 0 Å². The van der Waals surface area contributed by atoms with Crippen molar-refractivity contribution in [3.63, 3.8) is 0 Å². The molecule has 0 aliphatic carbocycles. The van der Waals surface area contributed by atoms with Crippen molar-refractivity contribution in [1.29, 1.82) is 0 Å². The van der Waals surface area contributed by atoms with Crippen LogP contribution in [0, 0.1) is 0 Å². The molecular weight excluding hydrogens is 334 g/mol. The third-order valence-electron chi connectivity index (χ3n) is 3.94. The number of aromatic nitrogens is 4. The van der Waals surface area contributed by atoms with Crippen LogP contribution >= 0.6 is 11.3 Å². The maximum absolute atomic E-state index is 12.2. The highest BCUT2D eigenvalue weighted by atomic mass is 32.1. The van der Waals surface area contributed by atoms with E-state index in [1.807, 2.05) is 29.0 Å². The number of nitrogens with zero attached hydrogens (tertiary/aromatic N) is 3. The summed E-state index contributed by atoms with van der Waals surface area (Å²) < 4.78 is 1.99. The number of carbonyl (C=O) groups excluding carboxylic acids is 1. The molecule has 25 heavy (non-hydrogen) atoms. The molecule has 0 fully saturated rings. The van der Waals surface area contributed by atoms with Gasteiger partial charge in [-0.2, -0.15) is 0 Å². The average Bonchev–Trinajstić information content (AvgIpc) is 3.38. The van der Waals surface area contributed by atoms with Gasteiger partial charge < -0.3 is 14.9 Å². The highest BCUT2D eigenvalue weighted by Gasteiger charge is 2.12. The number of nitrogens with one attached hydrogen (secondary N) is 2. The Hall–Kier alpha value is -2.93. The molecule has 0 aliphatic heterocycles. The van der Waals surface area contributed by atoms with Crippen molar-refractivity contribution in [3.05, 3.63) is 60.1 Å². The number of para-hydroxylation sites is 1. The number of H-pyrrole nitrogens is 1. The molecule has 0 spiro atoms. The number of benzene rings is 1. The molecule has 2 N–H and O–H groups in total. The zero-order valence-corrected chi connectivity index (χ0v) is 14.3. The monoisotopic (exact) mass is 351 g/mol. The molecule has 6 nitrogen and oxygen atoms in total. The second-order valence-electron chi connectivity index (χ2n) is 5.72. The van der Waals surface area contributed by atoms with Crippen molar-refractivity contribution in [2.45, 2.75) is 13.0 Å². The van der Waals surface area contributed by atoms with Gasteiger partial charge in [-0.1, -0.05) is 18.2 Å². The summed E-state index contributed by atoms with van der Waals surface area (Å²) in [6, 6.07) is 10.1. The predicted octanol–water partition coefficient (Wildman–Crippen LogP) is 3.31. The van der Waals surface area contributed by atoms with Gasteiger partial charge in [0.2, 0.25) is 0 Å². The molecule has 0 aliphatic rings. The Kier molecular flexibility index (Phi) is 4.30. The van der Waals surface area contributed by atoms with Crippen LogP contribution in [-0.4, -0.2) is 32.0 Å². The van der Waals surface area contributed by atoms with E-state index in [9.17, 15) is 4.79 Å². The normalized spacial score (nSPS) is 11.0. The van der Waals surface area contributed by atoms with Gasteiger partial charge in [-0.15, -0.1) is 11.3 Å². The quantitative estimate of drug-likeness (QED) is 0.523. The lowest BCUT2D eigenvalue weighted by atomic mass is 10.2. The summed E-state index contributed by atoms with van der Waals surface area (Å²) in [4.78, 5) is 24.0. The van der Waals surface area contributed by atoms with E-state index in [0.29, 0.717) is 12.2 Å². The van der Waals surface area contributed by atoms with Gasteiger partial charge >= 0.3 is 0 Å². The lowest BCUT2D eigenvalue weighted by molar-refractivity contribution is 0.0948. The van der Waals surface area contributed by atoms with Gasteiger partial charge in [-0.05, 0) is 18.6 Å². The summed E-state index contributed by atoms with van der Waals surface area (Å²) in [5.74, 6) is -0.135. The van der Waals surface area contributed by atoms with Crippen LogP contribution in [-0.2, 0) is 6.54 Å². The summed E-state index contributed by atoms with van der Waals surface area (Å²) in [6.45, 7) is 1.44. The zero-order chi connectivity index (χ0) is 17.1. The lowest BCUT2D eigenvalue weighted by Crippen LogP contribution is -2.25. The van der Waals surface area contributed by atoms with Crippen LogP contribution in [0.1, 0.15) is 16.9 Å². The zero-order valence-electron chi connectivity index (χ0n) is 13.5. The Morgan fingerprint density at radius 2 is 2.24 bits per heavy atom. The van der Waals surface area contributed by atoms with E-state index in [0.717, 1.165) is 34.6 Å². The molecule has 1 amide bonds. The molecule has 0 radical (unpaired) electrons. The van der Waals surface area contributed by atoms with Crippen molar-refractivity contribution in [2.75, 3.05) is 6.54 Å². The van der Waals surface area contributed by atoms with Crippen molar-refractivity contribution in [3.8, 4) is 10.7 Å². The summed E-state index contributed by atoms with van der Waals surface area (Å²) in [7, 11) is 0. The molecular formula is C18H17N5OS. The molecule has 3 aromatic heterocycles. The maximum atomic E-state index is 12.2. The predicted molar refractivity (Wildman–Crippen MR) is 98.6 cm³/mol. The minimum absolute atomic E-state index is 0.135. The van der Waals surface area contributed by atoms with Gasteiger partial charge in [-0.3, -0.25) is 4.79 Å². The average molecular weight is 351 g/mol. The minimum atomic E-state index is -0.135. The number of aryl methyl sites for hydroxylation is 1. The third-order valence-corrected chi connectivity index (χ3v) is 4.81. The number of amides is 1. The van der Waals surface area contributed by atoms with E-state index < -0.39 is 0 Å².